The molecular weight excluding hydrogens is 336 g/mol. The summed E-state index contributed by atoms with van der Waals surface area (Å²) in [4.78, 5) is 12.3. The minimum Gasteiger partial charge on any atom is -0.493 e. The second-order valence-electron chi connectivity index (χ2n) is 5.42. The Morgan fingerprint density at radius 1 is 0.962 bits per heavy atom. The molecule has 0 aliphatic heterocycles. The summed E-state index contributed by atoms with van der Waals surface area (Å²) in [7, 11) is 3.13. The Morgan fingerprint density at radius 3 is 2.35 bits per heavy atom. The third-order valence-electron chi connectivity index (χ3n) is 3.80. The van der Waals surface area contributed by atoms with Gasteiger partial charge in [0.2, 0.25) is 0 Å². The Labute approximate surface area is 150 Å². The molecule has 0 aliphatic rings. The molecule has 0 amide bonds. The zero-order chi connectivity index (χ0) is 18.5. The standard InChI is InChI=1S/C18H20N4O4/c1-4-25-15-11-7-8-14(22-18(23)21(2)19-20-22)13(15)12-26-17-10-6-5-9-16(17)24-3/h5-11H,4,12H2,1-3H3. The highest BCUT2D eigenvalue weighted by Crippen LogP contribution is 2.30. The average molecular weight is 356 g/mol. The number of hydrogen-bond donors (Lipinski definition) is 0. The first kappa shape index (κ1) is 17.5. The molecule has 136 valence electrons. The summed E-state index contributed by atoms with van der Waals surface area (Å²) < 4.78 is 19.3. The summed E-state index contributed by atoms with van der Waals surface area (Å²) in [6.07, 6.45) is 0. The van der Waals surface area contributed by atoms with Gasteiger partial charge >= 0.3 is 5.69 Å². The van der Waals surface area contributed by atoms with Crippen molar-refractivity contribution in [3.63, 3.8) is 0 Å². The fourth-order valence-electron chi connectivity index (χ4n) is 2.54. The summed E-state index contributed by atoms with van der Waals surface area (Å²) >= 11 is 0. The smallest absolute Gasteiger partial charge is 0.368 e. The molecule has 3 rings (SSSR count). The fourth-order valence-corrected chi connectivity index (χ4v) is 2.54. The van der Waals surface area contributed by atoms with E-state index in [0.29, 0.717) is 35.1 Å². The van der Waals surface area contributed by atoms with Gasteiger partial charge in [0.05, 0.1) is 25.0 Å². The maximum Gasteiger partial charge on any atom is 0.368 e. The molecule has 0 unspecified atom stereocenters. The van der Waals surface area contributed by atoms with E-state index in [9.17, 15) is 4.79 Å². The number of nitrogens with zero attached hydrogens (tertiary/aromatic N) is 4. The van der Waals surface area contributed by atoms with Crippen molar-refractivity contribution in [2.24, 2.45) is 7.05 Å². The number of para-hydroxylation sites is 2. The molecule has 1 aromatic heterocycles. The lowest BCUT2D eigenvalue weighted by Crippen LogP contribution is -2.23. The normalized spacial score (nSPS) is 10.6. The first-order chi connectivity index (χ1) is 12.7. The first-order valence-electron chi connectivity index (χ1n) is 8.15. The largest absolute Gasteiger partial charge is 0.493 e. The number of aromatic nitrogens is 4. The first-order valence-corrected chi connectivity index (χ1v) is 8.15. The number of tetrazole rings is 1. The van der Waals surface area contributed by atoms with E-state index in [1.807, 2.05) is 37.3 Å². The molecule has 0 atom stereocenters. The monoisotopic (exact) mass is 356 g/mol. The van der Waals surface area contributed by atoms with E-state index in [2.05, 4.69) is 10.4 Å². The van der Waals surface area contributed by atoms with Crippen LogP contribution in [0.4, 0.5) is 0 Å². The fraction of sp³-hybridized carbons (Fsp3) is 0.278. The summed E-state index contributed by atoms with van der Waals surface area (Å²) in [6, 6.07) is 12.8. The third kappa shape index (κ3) is 3.39. The third-order valence-corrected chi connectivity index (χ3v) is 3.80. The second-order valence-corrected chi connectivity index (χ2v) is 5.42. The summed E-state index contributed by atoms with van der Waals surface area (Å²) in [6.45, 7) is 2.56. The van der Waals surface area contributed by atoms with Crippen molar-refractivity contribution in [2.45, 2.75) is 13.5 Å². The molecule has 8 nitrogen and oxygen atoms in total. The van der Waals surface area contributed by atoms with Crippen molar-refractivity contribution >= 4 is 0 Å². The Hall–Kier alpha value is -3.29. The van der Waals surface area contributed by atoms with Crippen LogP contribution in [0, 0.1) is 0 Å². The molecule has 0 spiro atoms. The van der Waals surface area contributed by atoms with Crippen molar-refractivity contribution in [3.8, 4) is 22.9 Å². The van der Waals surface area contributed by atoms with E-state index >= 15 is 0 Å². The molecule has 0 radical (unpaired) electrons. The van der Waals surface area contributed by atoms with Gasteiger partial charge in [-0.3, -0.25) is 0 Å². The molecule has 0 aliphatic carbocycles. The van der Waals surface area contributed by atoms with Gasteiger partial charge in [0.25, 0.3) is 0 Å². The lowest BCUT2D eigenvalue weighted by atomic mass is 10.1. The maximum atomic E-state index is 12.3. The summed E-state index contributed by atoms with van der Waals surface area (Å²) in [5, 5.41) is 7.69. The van der Waals surface area contributed by atoms with Gasteiger partial charge < -0.3 is 14.2 Å². The lowest BCUT2D eigenvalue weighted by Gasteiger charge is -2.16. The van der Waals surface area contributed by atoms with Gasteiger partial charge in [-0.05, 0) is 41.6 Å². The van der Waals surface area contributed by atoms with Crippen LogP contribution >= 0.6 is 0 Å². The van der Waals surface area contributed by atoms with Crippen LogP contribution in [0.2, 0.25) is 0 Å². The lowest BCUT2D eigenvalue weighted by molar-refractivity contribution is 0.271. The van der Waals surface area contributed by atoms with Crippen molar-refractivity contribution in [1.82, 2.24) is 19.8 Å². The Bertz CT molecular complexity index is 948. The van der Waals surface area contributed by atoms with E-state index in [1.165, 1.54) is 4.68 Å². The summed E-state index contributed by atoms with van der Waals surface area (Å²) in [5.74, 6) is 1.84. The topological polar surface area (TPSA) is 80.4 Å². The van der Waals surface area contributed by atoms with Crippen LogP contribution in [-0.4, -0.2) is 33.5 Å². The number of methoxy groups -OCH3 is 1. The van der Waals surface area contributed by atoms with E-state index in [1.54, 1.807) is 26.3 Å². The highest BCUT2D eigenvalue weighted by molar-refractivity contribution is 5.49. The predicted molar refractivity (Wildman–Crippen MR) is 95.1 cm³/mol. The van der Waals surface area contributed by atoms with Crippen LogP contribution in [0.1, 0.15) is 12.5 Å². The van der Waals surface area contributed by atoms with Crippen molar-refractivity contribution in [3.05, 3.63) is 58.5 Å². The number of hydrogen-bond acceptors (Lipinski definition) is 6. The second kappa shape index (κ2) is 7.73. The van der Waals surface area contributed by atoms with Gasteiger partial charge in [-0.2, -0.15) is 9.36 Å². The molecule has 0 bridgehead atoms. The van der Waals surface area contributed by atoms with Crippen molar-refractivity contribution in [2.75, 3.05) is 13.7 Å². The molecule has 0 saturated heterocycles. The number of rotatable bonds is 7. The molecule has 8 heteroatoms. The van der Waals surface area contributed by atoms with E-state index in [4.69, 9.17) is 14.2 Å². The van der Waals surface area contributed by atoms with Crippen LogP contribution < -0.4 is 19.9 Å². The van der Waals surface area contributed by atoms with Gasteiger partial charge in [0, 0.05) is 7.05 Å². The quantitative estimate of drug-likeness (QED) is 0.644. The Kier molecular flexibility index (Phi) is 5.21. The predicted octanol–water partition coefficient (Wildman–Crippen LogP) is 1.95. The minimum atomic E-state index is -0.350. The van der Waals surface area contributed by atoms with Gasteiger partial charge in [-0.15, -0.1) is 0 Å². The molecule has 0 fully saturated rings. The molecule has 0 saturated carbocycles. The summed E-state index contributed by atoms with van der Waals surface area (Å²) in [5.41, 5.74) is 0.906. The van der Waals surface area contributed by atoms with Crippen LogP contribution in [-0.2, 0) is 13.7 Å². The van der Waals surface area contributed by atoms with E-state index < -0.39 is 0 Å². The van der Waals surface area contributed by atoms with Crippen molar-refractivity contribution < 1.29 is 14.2 Å². The zero-order valence-electron chi connectivity index (χ0n) is 14.9. The highest BCUT2D eigenvalue weighted by atomic mass is 16.5. The molecule has 2 aromatic carbocycles. The number of ether oxygens (including phenoxy) is 3. The van der Waals surface area contributed by atoms with Crippen LogP contribution in [0.15, 0.2) is 47.3 Å². The number of aryl methyl sites for hydroxylation is 1. The maximum absolute atomic E-state index is 12.3. The Balaban J connectivity index is 2.01. The Morgan fingerprint density at radius 2 is 1.69 bits per heavy atom. The molecule has 1 heterocycles. The molecule has 26 heavy (non-hydrogen) atoms. The molecule has 3 aromatic rings. The highest BCUT2D eigenvalue weighted by Gasteiger charge is 2.16. The van der Waals surface area contributed by atoms with Gasteiger partial charge in [0.1, 0.15) is 12.4 Å². The SMILES string of the molecule is CCOc1cccc(-n2nnn(C)c2=O)c1COc1ccccc1OC. The van der Waals surface area contributed by atoms with Gasteiger partial charge in [-0.1, -0.05) is 18.2 Å². The average Bonchev–Trinajstić information content (AvgIpc) is 2.99. The van der Waals surface area contributed by atoms with Gasteiger partial charge in [0.15, 0.2) is 11.5 Å². The van der Waals surface area contributed by atoms with E-state index in [-0.39, 0.29) is 12.3 Å². The van der Waals surface area contributed by atoms with Gasteiger partial charge in [-0.25, -0.2) is 4.79 Å². The van der Waals surface area contributed by atoms with Crippen molar-refractivity contribution in [1.29, 1.82) is 0 Å². The zero-order valence-corrected chi connectivity index (χ0v) is 14.9. The van der Waals surface area contributed by atoms with Crippen LogP contribution in [0.3, 0.4) is 0 Å². The number of benzene rings is 2. The molecule has 0 N–H and O–H groups in total. The molecular formula is C18H20N4O4. The van der Waals surface area contributed by atoms with E-state index in [0.717, 1.165) is 4.68 Å². The van der Waals surface area contributed by atoms with Crippen LogP contribution in [0.5, 0.6) is 17.2 Å². The minimum absolute atomic E-state index is 0.175. The van der Waals surface area contributed by atoms with Crippen LogP contribution in [0.25, 0.3) is 5.69 Å².